The molecule has 0 spiro atoms. The van der Waals surface area contributed by atoms with E-state index in [9.17, 15) is 13.2 Å². The van der Waals surface area contributed by atoms with Crippen molar-refractivity contribution < 1.29 is 13.2 Å². The third kappa shape index (κ3) is 5.37. The van der Waals surface area contributed by atoms with E-state index in [0.717, 1.165) is 5.56 Å². The number of amides is 1. The fourth-order valence-corrected chi connectivity index (χ4v) is 4.13. The van der Waals surface area contributed by atoms with Gasteiger partial charge in [0.15, 0.2) is 0 Å². The van der Waals surface area contributed by atoms with E-state index >= 15 is 0 Å². The summed E-state index contributed by atoms with van der Waals surface area (Å²) in [5.41, 5.74) is 2.43. The van der Waals surface area contributed by atoms with E-state index in [4.69, 9.17) is 11.6 Å². The summed E-state index contributed by atoms with van der Waals surface area (Å²) >= 11 is 5.87. The number of hydrogen-bond donors (Lipinski definition) is 2. The monoisotopic (exact) mass is 428 g/mol. The lowest BCUT2D eigenvalue weighted by atomic mass is 10.1. The maximum Gasteiger partial charge on any atom is 0.261 e. The minimum atomic E-state index is -3.73. The highest BCUT2D eigenvalue weighted by atomic mass is 35.5. The second-order valence-electron chi connectivity index (χ2n) is 6.53. The molecule has 0 aliphatic rings. The molecule has 3 aromatic rings. The van der Waals surface area contributed by atoms with Crippen molar-refractivity contribution in [2.24, 2.45) is 0 Å². The number of nitrogens with one attached hydrogen (secondary N) is 2. The van der Waals surface area contributed by atoms with Crippen LogP contribution in [-0.2, 0) is 16.4 Å². The van der Waals surface area contributed by atoms with Crippen LogP contribution in [0.2, 0.25) is 5.02 Å². The zero-order chi connectivity index (χ0) is 20.9. The van der Waals surface area contributed by atoms with Gasteiger partial charge in [0.25, 0.3) is 15.9 Å². The van der Waals surface area contributed by atoms with E-state index in [-0.39, 0.29) is 10.8 Å². The normalized spacial score (nSPS) is 11.1. The highest BCUT2D eigenvalue weighted by molar-refractivity contribution is 7.92. The standard InChI is InChI=1S/C22H21ClN2O3S/c1-16-20(22(26)24-15-14-17-10-12-18(23)13-11-17)8-5-9-21(16)25-29(27,28)19-6-3-2-4-7-19/h2-13,25H,14-15H2,1H3,(H,24,26). The first-order valence-corrected chi connectivity index (χ1v) is 10.9. The summed E-state index contributed by atoms with van der Waals surface area (Å²) < 4.78 is 27.7. The van der Waals surface area contributed by atoms with Crippen molar-refractivity contribution in [1.82, 2.24) is 5.32 Å². The lowest BCUT2D eigenvalue weighted by molar-refractivity contribution is 0.0953. The van der Waals surface area contributed by atoms with Gasteiger partial charge in [-0.1, -0.05) is 48.0 Å². The van der Waals surface area contributed by atoms with Crippen LogP contribution < -0.4 is 10.0 Å². The number of sulfonamides is 1. The summed E-state index contributed by atoms with van der Waals surface area (Å²) in [6.45, 7) is 2.18. The summed E-state index contributed by atoms with van der Waals surface area (Å²) in [7, 11) is -3.73. The minimum Gasteiger partial charge on any atom is -0.352 e. The van der Waals surface area contributed by atoms with E-state index in [1.165, 1.54) is 12.1 Å². The first-order valence-electron chi connectivity index (χ1n) is 9.07. The molecular formula is C22H21ClN2O3S. The molecule has 7 heteroatoms. The van der Waals surface area contributed by atoms with E-state index in [0.29, 0.717) is 34.8 Å². The molecule has 0 atom stereocenters. The molecule has 5 nitrogen and oxygen atoms in total. The maximum atomic E-state index is 12.6. The predicted molar refractivity (Wildman–Crippen MR) is 116 cm³/mol. The minimum absolute atomic E-state index is 0.164. The summed E-state index contributed by atoms with van der Waals surface area (Å²) in [6, 6.07) is 20.5. The van der Waals surface area contributed by atoms with Crippen molar-refractivity contribution in [2.75, 3.05) is 11.3 Å². The van der Waals surface area contributed by atoms with Gasteiger partial charge in [-0.2, -0.15) is 0 Å². The molecule has 0 radical (unpaired) electrons. The molecule has 0 fully saturated rings. The van der Waals surface area contributed by atoms with Crippen molar-refractivity contribution in [3.05, 3.63) is 94.5 Å². The lowest BCUT2D eigenvalue weighted by Crippen LogP contribution is -2.26. The van der Waals surface area contributed by atoms with Gasteiger partial charge in [0.1, 0.15) is 0 Å². The van der Waals surface area contributed by atoms with Crippen molar-refractivity contribution in [3.63, 3.8) is 0 Å². The maximum absolute atomic E-state index is 12.6. The molecule has 0 saturated carbocycles. The average Bonchev–Trinajstić information content (AvgIpc) is 2.71. The third-order valence-corrected chi connectivity index (χ3v) is 6.12. The number of halogens is 1. The lowest BCUT2D eigenvalue weighted by Gasteiger charge is -2.14. The number of carbonyl (C=O) groups is 1. The molecule has 0 unspecified atom stereocenters. The van der Waals surface area contributed by atoms with Crippen molar-refractivity contribution >= 4 is 33.2 Å². The molecule has 0 aliphatic carbocycles. The Labute approximate surface area is 175 Å². The van der Waals surface area contributed by atoms with Gasteiger partial charge >= 0.3 is 0 Å². The largest absolute Gasteiger partial charge is 0.352 e. The van der Waals surface area contributed by atoms with Gasteiger partial charge in [-0.25, -0.2) is 8.42 Å². The van der Waals surface area contributed by atoms with Crippen molar-refractivity contribution in [1.29, 1.82) is 0 Å². The van der Waals surface area contributed by atoms with Crippen LogP contribution in [-0.4, -0.2) is 20.9 Å². The van der Waals surface area contributed by atoms with Crippen LogP contribution in [0.15, 0.2) is 77.7 Å². The molecule has 0 bridgehead atoms. The second-order valence-corrected chi connectivity index (χ2v) is 8.65. The van der Waals surface area contributed by atoms with Crippen LogP contribution in [0.1, 0.15) is 21.5 Å². The number of anilines is 1. The molecule has 0 aliphatic heterocycles. The van der Waals surface area contributed by atoms with Crippen molar-refractivity contribution in [2.45, 2.75) is 18.2 Å². The fourth-order valence-electron chi connectivity index (χ4n) is 2.86. The van der Waals surface area contributed by atoms with E-state index in [1.54, 1.807) is 43.3 Å². The first-order chi connectivity index (χ1) is 13.9. The zero-order valence-corrected chi connectivity index (χ0v) is 17.4. The van der Waals surface area contributed by atoms with Crippen LogP contribution in [0.25, 0.3) is 0 Å². The number of carbonyl (C=O) groups excluding carboxylic acids is 1. The summed E-state index contributed by atoms with van der Waals surface area (Å²) in [5.74, 6) is -0.253. The van der Waals surface area contributed by atoms with Crippen LogP contribution in [0.4, 0.5) is 5.69 Å². The highest BCUT2D eigenvalue weighted by Crippen LogP contribution is 2.22. The van der Waals surface area contributed by atoms with Gasteiger partial charge in [-0.05, 0) is 60.9 Å². The fraction of sp³-hybridized carbons (Fsp3) is 0.136. The molecule has 0 heterocycles. The second kappa shape index (κ2) is 9.11. The molecular weight excluding hydrogens is 408 g/mol. The predicted octanol–water partition coefficient (Wildman–Crippen LogP) is 4.42. The molecule has 3 aromatic carbocycles. The molecule has 150 valence electrons. The Bertz CT molecular complexity index is 1100. The highest BCUT2D eigenvalue weighted by Gasteiger charge is 2.17. The number of benzene rings is 3. The third-order valence-electron chi connectivity index (χ3n) is 4.49. The van der Waals surface area contributed by atoms with Crippen LogP contribution in [0.5, 0.6) is 0 Å². The van der Waals surface area contributed by atoms with Gasteiger partial charge in [0.2, 0.25) is 0 Å². The molecule has 0 aromatic heterocycles. The van der Waals surface area contributed by atoms with E-state index < -0.39 is 10.0 Å². The van der Waals surface area contributed by atoms with E-state index in [1.807, 2.05) is 24.3 Å². The molecule has 3 rings (SSSR count). The molecule has 29 heavy (non-hydrogen) atoms. The Morgan fingerprint density at radius 3 is 2.31 bits per heavy atom. The van der Waals surface area contributed by atoms with Gasteiger partial charge in [-0.15, -0.1) is 0 Å². The Morgan fingerprint density at radius 2 is 1.62 bits per heavy atom. The average molecular weight is 429 g/mol. The quantitative estimate of drug-likeness (QED) is 0.584. The Morgan fingerprint density at radius 1 is 0.931 bits per heavy atom. The summed E-state index contributed by atoms with van der Waals surface area (Å²) in [6.07, 6.45) is 0.669. The van der Waals surface area contributed by atoms with Gasteiger partial charge in [0, 0.05) is 17.1 Å². The zero-order valence-electron chi connectivity index (χ0n) is 15.9. The smallest absolute Gasteiger partial charge is 0.261 e. The van der Waals surface area contributed by atoms with Gasteiger partial charge in [0.05, 0.1) is 10.6 Å². The van der Waals surface area contributed by atoms with Gasteiger partial charge in [-0.3, -0.25) is 9.52 Å². The topological polar surface area (TPSA) is 75.3 Å². The summed E-state index contributed by atoms with van der Waals surface area (Å²) in [4.78, 5) is 12.8. The van der Waals surface area contributed by atoms with E-state index in [2.05, 4.69) is 10.0 Å². The molecule has 0 saturated heterocycles. The summed E-state index contributed by atoms with van der Waals surface area (Å²) in [5, 5.41) is 3.55. The Balaban J connectivity index is 1.69. The Hall–Kier alpha value is -2.83. The van der Waals surface area contributed by atoms with Crippen LogP contribution >= 0.6 is 11.6 Å². The van der Waals surface area contributed by atoms with Crippen molar-refractivity contribution in [3.8, 4) is 0 Å². The van der Waals surface area contributed by atoms with Crippen LogP contribution in [0.3, 0.4) is 0 Å². The number of rotatable bonds is 7. The first kappa shape index (κ1) is 20.9. The Kier molecular flexibility index (Phi) is 6.56. The SMILES string of the molecule is Cc1c(NS(=O)(=O)c2ccccc2)cccc1C(=O)NCCc1ccc(Cl)cc1. The molecule has 1 amide bonds. The van der Waals surface area contributed by atoms with Crippen LogP contribution in [0, 0.1) is 6.92 Å². The number of hydrogen-bond acceptors (Lipinski definition) is 3. The van der Waals surface area contributed by atoms with Gasteiger partial charge < -0.3 is 5.32 Å². The molecule has 2 N–H and O–H groups in total.